The molecule has 7 nitrogen and oxygen atoms in total. The zero-order valence-corrected chi connectivity index (χ0v) is 19.4. The summed E-state index contributed by atoms with van der Waals surface area (Å²) in [4.78, 5) is 25.9. The van der Waals surface area contributed by atoms with E-state index >= 15 is 0 Å². The number of hydrogen-bond donors (Lipinski definition) is 1. The van der Waals surface area contributed by atoms with Gasteiger partial charge >= 0.3 is 5.97 Å². The van der Waals surface area contributed by atoms with Crippen molar-refractivity contribution >= 4 is 17.6 Å². The van der Waals surface area contributed by atoms with Gasteiger partial charge in [0.05, 0.1) is 19.3 Å². The van der Waals surface area contributed by atoms with Gasteiger partial charge in [0, 0.05) is 31.8 Å². The van der Waals surface area contributed by atoms with Crippen molar-refractivity contribution in [1.82, 2.24) is 0 Å². The van der Waals surface area contributed by atoms with Gasteiger partial charge in [-0.2, -0.15) is 0 Å². The normalized spacial score (nSPS) is 12.8. The third kappa shape index (κ3) is 7.79. The largest absolute Gasteiger partial charge is 0.493 e. The molecule has 1 fully saturated rings. The van der Waals surface area contributed by atoms with Crippen molar-refractivity contribution in [2.45, 2.75) is 45.4 Å². The fourth-order valence-corrected chi connectivity index (χ4v) is 3.51. The SMILES string of the molecule is COC(=O)c1cc(OCCCCCCO)cc(Oc2ccc(N(CC3CC3)C(C)=O)cc2)c1. The first-order valence-corrected chi connectivity index (χ1v) is 11.5. The summed E-state index contributed by atoms with van der Waals surface area (Å²) in [6.07, 6.45) is 5.91. The predicted molar refractivity (Wildman–Crippen MR) is 126 cm³/mol. The third-order valence-electron chi connectivity index (χ3n) is 5.52. The van der Waals surface area contributed by atoms with Crippen LogP contribution < -0.4 is 14.4 Å². The lowest BCUT2D eigenvalue weighted by Gasteiger charge is -2.21. The lowest BCUT2D eigenvalue weighted by molar-refractivity contribution is -0.116. The summed E-state index contributed by atoms with van der Waals surface area (Å²) in [5, 5.41) is 8.86. The molecule has 0 bridgehead atoms. The minimum absolute atomic E-state index is 0.0273. The van der Waals surface area contributed by atoms with E-state index in [1.165, 1.54) is 20.0 Å². The zero-order chi connectivity index (χ0) is 23.6. The van der Waals surface area contributed by atoms with Crippen LogP contribution in [0.15, 0.2) is 42.5 Å². The Hall–Kier alpha value is -3.06. The van der Waals surface area contributed by atoms with E-state index in [-0.39, 0.29) is 12.5 Å². The van der Waals surface area contributed by atoms with Gasteiger partial charge in [-0.3, -0.25) is 4.79 Å². The van der Waals surface area contributed by atoms with Gasteiger partial charge in [0.25, 0.3) is 0 Å². The fourth-order valence-electron chi connectivity index (χ4n) is 3.51. The average Bonchev–Trinajstić information content (AvgIpc) is 3.64. The Morgan fingerprint density at radius 3 is 2.30 bits per heavy atom. The molecule has 2 aromatic carbocycles. The first-order valence-electron chi connectivity index (χ1n) is 11.5. The van der Waals surface area contributed by atoms with Gasteiger partial charge in [-0.05, 0) is 74.4 Å². The van der Waals surface area contributed by atoms with Crippen molar-refractivity contribution in [3.05, 3.63) is 48.0 Å². The number of rotatable bonds is 13. The number of aliphatic hydroxyl groups is 1. The molecule has 0 spiro atoms. The van der Waals surface area contributed by atoms with Crippen LogP contribution in [-0.2, 0) is 9.53 Å². The van der Waals surface area contributed by atoms with Crippen LogP contribution in [0.2, 0.25) is 0 Å². The topological polar surface area (TPSA) is 85.3 Å². The first kappa shape index (κ1) is 24.6. The number of ether oxygens (including phenoxy) is 3. The van der Waals surface area contributed by atoms with Crippen LogP contribution in [0, 0.1) is 5.92 Å². The number of carbonyl (C=O) groups excluding carboxylic acids is 2. The lowest BCUT2D eigenvalue weighted by Crippen LogP contribution is -2.30. The number of hydrogen-bond acceptors (Lipinski definition) is 6. The third-order valence-corrected chi connectivity index (χ3v) is 5.52. The molecule has 0 aromatic heterocycles. The van der Waals surface area contributed by atoms with Crippen molar-refractivity contribution in [3.8, 4) is 17.2 Å². The quantitative estimate of drug-likeness (QED) is 0.339. The standard InChI is InChI=1S/C26H33NO6/c1-19(29)27(18-20-7-8-20)22-9-11-23(12-10-22)33-25-16-21(26(30)31-2)15-24(17-25)32-14-6-4-3-5-13-28/h9-12,15-17,20,28H,3-8,13-14,18H2,1-2H3. The molecule has 1 aliphatic rings. The molecular formula is C26H33NO6. The van der Waals surface area contributed by atoms with Gasteiger partial charge in [0.2, 0.25) is 5.91 Å². The number of benzene rings is 2. The van der Waals surface area contributed by atoms with Gasteiger partial charge in [-0.15, -0.1) is 0 Å². The van der Waals surface area contributed by atoms with Crippen LogP contribution in [0.25, 0.3) is 0 Å². The number of anilines is 1. The second-order valence-corrected chi connectivity index (χ2v) is 8.34. The number of carbonyl (C=O) groups is 2. The van der Waals surface area contributed by atoms with E-state index in [1.807, 2.05) is 24.3 Å². The van der Waals surface area contributed by atoms with E-state index in [0.717, 1.165) is 37.9 Å². The van der Waals surface area contributed by atoms with E-state index in [1.54, 1.807) is 30.0 Å². The number of amides is 1. The van der Waals surface area contributed by atoms with E-state index in [2.05, 4.69) is 0 Å². The maximum atomic E-state index is 12.1. The summed E-state index contributed by atoms with van der Waals surface area (Å²) >= 11 is 0. The van der Waals surface area contributed by atoms with Crippen molar-refractivity contribution in [2.75, 3.05) is 31.8 Å². The Kier molecular flexibility index (Phi) is 9.13. The molecular weight excluding hydrogens is 422 g/mol. The maximum absolute atomic E-state index is 12.1. The van der Waals surface area contributed by atoms with Gasteiger partial charge in [0.15, 0.2) is 0 Å². The molecule has 33 heavy (non-hydrogen) atoms. The number of nitrogens with zero attached hydrogens (tertiary/aromatic N) is 1. The molecule has 1 saturated carbocycles. The molecule has 178 valence electrons. The molecule has 7 heteroatoms. The highest BCUT2D eigenvalue weighted by Crippen LogP contribution is 2.33. The van der Waals surface area contributed by atoms with Crippen molar-refractivity contribution in [2.24, 2.45) is 5.92 Å². The van der Waals surface area contributed by atoms with Crippen LogP contribution in [0.5, 0.6) is 17.2 Å². The fraction of sp³-hybridized carbons (Fsp3) is 0.462. The minimum Gasteiger partial charge on any atom is -0.493 e. The second kappa shape index (κ2) is 12.3. The Bertz CT molecular complexity index is 923. The first-order chi connectivity index (χ1) is 16.0. The molecule has 0 aliphatic heterocycles. The summed E-state index contributed by atoms with van der Waals surface area (Å²) in [5.74, 6) is 1.73. The van der Waals surface area contributed by atoms with Gasteiger partial charge < -0.3 is 24.2 Å². The molecule has 1 amide bonds. The lowest BCUT2D eigenvalue weighted by atomic mass is 10.2. The van der Waals surface area contributed by atoms with E-state index in [9.17, 15) is 9.59 Å². The molecule has 1 aliphatic carbocycles. The summed E-state index contributed by atoms with van der Waals surface area (Å²) in [6, 6.07) is 12.3. The molecule has 0 saturated heterocycles. The molecule has 0 radical (unpaired) electrons. The Labute approximate surface area is 195 Å². The highest BCUT2D eigenvalue weighted by atomic mass is 16.5. The molecule has 2 aromatic rings. The van der Waals surface area contributed by atoms with E-state index in [0.29, 0.717) is 35.3 Å². The maximum Gasteiger partial charge on any atom is 0.338 e. The molecule has 1 N–H and O–H groups in total. The van der Waals surface area contributed by atoms with Crippen LogP contribution in [0.1, 0.15) is 55.8 Å². The minimum atomic E-state index is -0.472. The second-order valence-electron chi connectivity index (χ2n) is 8.34. The van der Waals surface area contributed by atoms with Crippen LogP contribution in [0.4, 0.5) is 5.69 Å². The summed E-state index contributed by atoms with van der Waals surface area (Å²) < 4.78 is 16.7. The number of unbranched alkanes of at least 4 members (excludes halogenated alkanes) is 3. The van der Waals surface area contributed by atoms with Crippen LogP contribution in [-0.4, -0.2) is 43.9 Å². The highest BCUT2D eigenvalue weighted by Gasteiger charge is 2.26. The Morgan fingerprint density at radius 2 is 1.67 bits per heavy atom. The smallest absolute Gasteiger partial charge is 0.338 e. The van der Waals surface area contributed by atoms with Crippen LogP contribution in [0.3, 0.4) is 0 Å². The van der Waals surface area contributed by atoms with Gasteiger partial charge in [-0.1, -0.05) is 6.42 Å². The molecule has 0 atom stereocenters. The molecule has 0 heterocycles. The number of aliphatic hydroxyl groups excluding tert-OH is 1. The Morgan fingerprint density at radius 1 is 0.970 bits per heavy atom. The number of methoxy groups -OCH3 is 1. The monoisotopic (exact) mass is 455 g/mol. The Balaban J connectivity index is 1.67. The average molecular weight is 456 g/mol. The zero-order valence-electron chi connectivity index (χ0n) is 19.4. The van der Waals surface area contributed by atoms with Crippen molar-refractivity contribution in [1.29, 1.82) is 0 Å². The highest BCUT2D eigenvalue weighted by molar-refractivity contribution is 5.91. The van der Waals surface area contributed by atoms with Crippen molar-refractivity contribution in [3.63, 3.8) is 0 Å². The summed E-state index contributed by atoms with van der Waals surface area (Å²) in [6.45, 7) is 3.04. The van der Waals surface area contributed by atoms with Gasteiger partial charge in [0.1, 0.15) is 17.2 Å². The van der Waals surface area contributed by atoms with E-state index in [4.69, 9.17) is 19.3 Å². The number of esters is 1. The van der Waals surface area contributed by atoms with Crippen molar-refractivity contribution < 1.29 is 28.9 Å². The summed E-state index contributed by atoms with van der Waals surface area (Å²) in [7, 11) is 1.33. The van der Waals surface area contributed by atoms with E-state index < -0.39 is 5.97 Å². The van der Waals surface area contributed by atoms with Gasteiger partial charge in [-0.25, -0.2) is 4.79 Å². The summed E-state index contributed by atoms with van der Waals surface area (Å²) in [5.41, 5.74) is 1.18. The predicted octanol–water partition coefficient (Wildman–Crippen LogP) is 4.96. The van der Waals surface area contributed by atoms with Crippen LogP contribution >= 0.6 is 0 Å². The molecule has 3 rings (SSSR count). The molecule has 0 unspecified atom stereocenters.